The average molecular weight is 2000 g/mol. The van der Waals surface area contributed by atoms with Gasteiger partial charge in [0.2, 0.25) is 23.6 Å². The zero-order valence-corrected chi connectivity index (χ0v) is 80.3. The van der Waals surface area contributed by atoms with Crippen molar-refractivity contribution in [3.05, 3.63) is 48.2 Å². The van der Waals surface area contributed by atoms with Crippen LogP contribution in [0.5, 0.6) is 0 Å². The Kier molecular flexibility index (Phi) is 55.4. The first-order valence-corrected chi connectivity index (χ1v) is 49.4. The van der Waals surface area contributed by atoms with Gasteiger partial charge >= 0.3 is 0 Å². The summed E-state index contributed by atoms with van der Waals surface area (Å²) in [5.74, 6) is 12.3. The summed E-state index contributed by atoms with van der Waals surface area (Å²) in [7, 11) is 3.42. The maximum Gasteiger partial charge on any atom is 0.271 e. The van der Waals surface area contributed by atoms with Crippen LogP contribution >= 0.6 is 21.6 Å². The number of unbranched alkanes of at least 4 members (excludes halogenated alkanes) is 6. The summed E-state index contributed by atoms with van der Waals surface area (Å²) < 4.78 is 140. The van der Waals surface area contributed by atoms with Gasteiger partial charge in [0.05, 0.1) is 288 Å². The minimum Gasteiger partial charge on any atom is -0.399 e. The number of amides is 4. The highest BCUT2D eigenvalue weighted by atomic mass is 33.1. The Bertz CT molecular complexity index is 3730. The highest BCUT2D eigenvalue weighted by molar-refractivity contribution is 8.76. The van der Waals surface area contributed by atoms with Gasteiger partial charge in [0.1, 0.15) is 69.2 Å². The molecule has 9 heterocycles. The molecule has 2 aromatic rings. The third-order valence-corrected chi connectivity index (χ3v) is 24.7. The maximum atomic E-state index is 14.3. The van der Waals surface area contributed by atoms with Crippen LogP contribution in [-0.4, -0.2) is 444 Å². The molecule has 7 aliphatic heterocycles. The number of carbonyl (C=O) groups excluding carboxylic acids is 4. The molecule has 1 unspecified atom stereocenters. The second kappa shape index (κ2) is 66.1. The van der Waals surface area contributed by atoms with E-state index in [0.717, 1.165) is 36.5 Å². The first-order valence-electron chi connectivity index (χ1n) is 47.1. The smallest absolute Gasteiger partial charge is 0.271 e. The van der Waals surface area contributed by atoms with Gasteiger partial charge in [-0.05, 0) is 61.5 Å². The average Bonchev–Trinajstić information content (AvgIpc) is 1.57. The van der Waals surface area contributed by atoms with Crippen LogP contribution in [0.4, 0.5) is 0 Å². The van der Waals surface area contributed by atoms with Gasteiger partial charge in [0.15, 0.2) is 18.9 Å². The van der Waals surface area contributed by atoms with Crippen LogP contribution in [0.3, 0.4) is 0 Å². The number of pyridine rings is 1. The van der Waals surface area contributed by atoms with Gasteiger partial charge in [0, 0.05) is 69.9 Å². The zero-order chi connectivity index (χ0) is 97.3. The largest absolute Gasteiger partial charge is 0.399 e. The molecule has 782 valence electrons. The first kappa shape index (κ1) is 115. The third-order valence-electron chi connectivity index (χ3n) is 22.4. The van der Waals surface area contributed by atoms with E-state index in [0.29, 0.717) is 110 Å². The van der Waals surface area contributed by atoms with Gasteiger partial charge in [-0.15, -0.1) is 5.10 Å². The first-order chi connectivity index (χ1) is 66.7. The third kappa shape index (κ3) is 43.7. The van der Waals surface area contributed by atoms with Crippen molar-refractivity contribution in [2.75, 3.05) is 257 Å². The monoisotopic (exact) mass is 2000 g/mol. The van der Waals surface area contributed by atoms with Gasteiger partial charge in [-0.2, -0.15) is 5.10 Å². The van der Waals surface area contributed by atoms with E-state index in [-0.39, 0.29) is 259 Å². The Morgan fingerprint density at radius 3 is 1.71 bits per heavy atom. The van der Waals surface area contributed by atoms with E-state index in [2.05, 4.69) is 46.7 Å². The normalized spacial score (nSPS) is 25.8. The summed E-state index contributed by atoms with van der Waals surface area (Å²) in [6.45, 7) is 7.71. The molecule has 9 rings (SSSR count). The van der Waals surface area contributed by atoms with Gasteiger partial charge in [0.25, 0.3) is 6.48 Å². The van der Waals surface area contributed by atoms with Crippen molar-refractivity contribution >= 4 is 57.1 Å². The number of nitrogens with zero attached hydrogens (tertiary/aromatic N) is 7. The fourth-order valence-corrected chi connectivity index (χ4v) is 17.1. The molecule has 7 aliphatic rings. The lowest BCUT2D eigenvalue weighted by Gasteiger charge is -2.42. The second-order valence-corrected chi connectivity index (χ2v) is 36.3. The lowest BCUT2D eigenvalue weighted by Crippen LogP contribution is -2.66. The standard InChI is InChI=1S/C87H148N14O34S2/c1-64(102)94-77-78(108)81(111)87(63-132-82(77)135-87)60-123-43-40-120-37-34-117-31-28-114-25-21-101-49-67(98-99-101)52-126-57-84(55-124-50-65(88)48-100(90)20-24-113-27-30-116-33-36-119-39-42-122-59-86-62-131-76(134-86)46-70(104)80(86)110,56-125-51-66(97-89)47-91-19-23-112-26-29-115-32-35-118-38-41-121-58-85-61-130-75(133-85)45-69(103)79(85)109)96-73(107)15-5-2-9-17-92-71(105)13-6-3-11-22-127-83-128-53-68(54-129-83)95-72(106)14-7-4-12-44-136-137-74-16-8-10-18-93-74/h8,10,16,18,47-49,68-70,75-83,103-104,108-111H,2-7,9,11-15,17,19-46,50-63,88-90H2,1H3,(H,92,105)(H,94,102)(H,95,106)(H,96,107)/b65-48-,91-47?,97-66?/t68?,69-,70-,75+,76+,77-,78-,79-,80-,81-,82+,83?,84?,85+,86+,87+/m1/s1. The van der Waals surface area contributed by atoms with Crippen molar-refractivity contribution < 1.29 is 164 Å². The number of ether oxygens (including phenoxy) is 24. The SMILES string of the molecule is CC(=O)N[C@H]1[C@H]2OC[C@](COCCOCCOCCOCCn3cc(COCC(COCC(C=NCCOCCOCCOCCOC[C@]45CO[C@H](C[C@@H](O)[C@H]4O)O5)=NN)(COC/C(N)=C/N(N)CCOCCOCCOCCOC[C@]45CO[C@H](C[C@@H](O)[C@H]4O)O5)NC(=O)CCCCCNC(=O)CCCCCOC4OCC(NC(=O)CCCCCSSc5ccccn5)CO4)nn3)(O2)[C@H](O)[C@@H]1O. The van der Waals surface area contributed by atoms with Crippen LogP contribution in [0.25, 0.3) is 0 Å². The number of hydrogen-bond acceptors (Lipinski definition) is 45. The summed E-state index contributed by atoms with van der Waals surface area (Å²) in [6.07, 6.45) is 5.40. The number of aliphatic hydroxyl groups excluding tert-OH is 6. The summed E-state index contributed by atoms with van der Waals surface area (Å²) in [4.78, 5) is 60.2. The van der Waals surface area contributed by atoms with Gasteiger partial charge in [-0.25, -0.2) is 15.5 Å². The van der Waals surface area contributed by atoms with Crippen LogP contribution in [0.15, 0.2) is 57.6 Å². The quantitative estimate of drug-likeness (QED) is 0.0107. The number of aliphatic imine (C=N–C) groups is 1. The Balaban J connectivity index is 0.689. The van der Waals surface area contributed by atoms with E-state index in [1.54, 1.807) is 38.7 Å². The van der Waals surface area contributed by atoms with Crippen LogP contribution in [-0.2, 0) is 146 Å². The minimum atomic E-state index is -1.40. The molecule has 48 nitrogen and oxygen atoms in total. The van der Waals surface area contributed by atoms with Crippen molar-refractivity contribution in [3.8, 4) is 0 Å². The van der Waals surface area contributed by atoms with E-state index >= 15 is 0 Å². The fourth-order valence-electron chi connectivity index (χ4n) is 15.1. The van der Waals surface area contributed by atoms with Crippen LogP contribution in [0, 0.1) is 0 Å². The molecule has 0 spiro atoms. The summed E-state index contributed by atoms with van der Waals surface area (Å²) in [5.41, 5.74) is 2.59. The molecule has 6 bridgehead atoms. The Labute approximate surface area is 806 Å². The molecule has 137 heavy (non-hydrogen) atoms. The molecular formula is C87H148N14O34S2. The van der Waals surface area contributed by atoms with Gasteiger partial charge < -0.3 is 182 Å². The molecule has 0 aromatic carbocycles. The fraction of sp³-hybridized carbons (Fsp3) is 0.828. The molecule has 50 heteroatoms. The highest BCUT2D eigenvalue weighted by Gasteiger charge is 2.60. The lowest BCUT2D eigenvalue weighted by atomic mass is 9.88. The van der Waals surface area contributed by atoms with Crippen LogP contribution in [0.1, 0.15) is 103 Å². The second-order valence-electron chi connectivity index (χ2n) is 33.9. The minimum absolute atomic E-state index is 0.0215. The zero-order valence-electron chi connectivity index (χ0n) is 78.7. The van der Waals surface area contributed by atoms with Crippen molar-refractivity contribution in [1.82, 2.24) is 46.3 Å². The van der Waals surface area contributed by atoms with E-state index < -0.39 is 96.3 Å². The number of carbonyl (C=O) groups is 4. The number of nitrogens with two attached hydrogens (primary N) is 3. The molecule has 0 radical (unpaired) electrons. The van der Waals surface area contributed by atoms with Crippen molar-refractivity contribution in [1.29, 1.82) is 0 Å². The van der Waals surface area contributed by atoms with E-state index in [1.807, 2.05) is 18.2 Å². The lowest BCUT2D eigenvalue weighted by molar-refractivity contribution is -0.315. The number of nitrogens with one attached hydrogen (secondary N) is 4. The maximum absolute atomic E-state index is 14.3. The molecule has 0 aliphatic carbocycles. The Morgan fingerprint density at radius 1 is 0.584 bits per heavy atom. The van der Waals surface area contributed by atoms with E-state index in [9.17, 15) is 49.8 Å². The summed E-state index contributed by atoms with van der Waals surface area (Å²) >= 11 is 0. The molecule has 7 saturated heterocycles. The number of aromatic nitrogens is 4. The molecular weight excluding hydrogens is 1850 g/mol. The molecule has 2 aromatic heterocycles. The van der Waals surface area contributed by atoms with Crippen molar-refractivity contribution in [3.63, 3.8) is 0 Å². The molecule has 4 amide bonds. The molecule has 14 atom stereocenters. The van der Waals surface area contributed by atoms with Gasteiger partial charge in [-0.3, -0.25) is 24.2 Å². The number of hydrogen-bond donors (Lipinski definition) is 13. The number of rotatable bonds is 80. The molecule has 16 N–H and O–H groups in total. The van der Waals surface area contributed by atoms with E-state index in [4.69, 9.17) is 131 Å². The summed E-state index contributed by atoms with van der Waals surface area (Å²) in [6, 6.07) is 4.68. The van der Waals surface area contributed by atoms with Crippen LogP contribution in [0.2, 0.25) is 0 Å². The predicted octanol–water partition coefficient (Wildman–Crippen LogP) is -2.47. The van der Waals surface area contributed by atoms with Crippen molar-refractivity contribution in [2.45, 2.75) is 211 Å². The predicted molar refractivity (Wildman–Crippen MR) is 488 cm³/mol. The van der Waals surface area contributed by atoms with Crippen molar-refractivity contribution in [2.24, 2.45) is 27.5 Å². The topological polar surface area (TPSA) is 609 Å². The number of fused-ring (bicyclic) bond motifs is 6. The highest BCUT2D eigenvalue weighted by Crippen LogP contribution is 2.40. The number of hydrazine groups is 1. The van der Waals surface area contributed by atoms with Crippen LogP contribution < -0.4 is 38.7 Å². The summed E-state index contributed by atoms with van der Waals surface area (Å²) in [5, 5.41) is 89.2. The number of hydrazone groups is 1. The Hall–Kier alpha value is -5.89. The van der Waals surface area contributed by atoms with Gasteiger partial charge in [-0.1, -0.05) is 41.3 Å². The van der Waals surface area contributed by atoms with E-state index in [1.165, 1.54) is 24.3 Å². The number of aliphatic hydroxyl groups is 6. The Morgan fingerprint density at radius 2 is 1.12 bits per heavy atom. The molecule has 7 fully saturated rings. The molecule has 0 saturated carbocycles.